The summed E-state index contributed by atoms with van der Waals surface area (Å²) in [4.78, 5) is 21.4. The van der Waals surface area contributed by atoms with Gasteiger partial charge in [-0.05, 0) is 38.5 Å². The molecule has 1 unspecified atom stereocenters. The third-order valence-electron chi connectivity index (χ3n) is 5.89. The van der Waals surface area contributed by atoms with Crippen LogP contribution in [0.25, 0.3) is 0 Å². The Kier molecular flexibility index (Phi) is 12.4. The highest BCUT2D eigenvalue weighted by atomic mass is 127. The molecule has 1 aliphatic heterocycles. The third-order valence-corrected chi connectivity index (χ3v) is 5.89. The lowest BCUT2D eigenvalue weighted by Crippen LogP contribution is -2.52. The van der Waals surface area contributed by atoms with Gasteiger partial charge < -0.3 is 15.5 Å². The summed E-state index contributed by atoms with van der Waals surface area (Å²) in [6, 6.07) is 0.434. The quantitative estimate of drug-likeness (QED) is 0.302. The number of aliphatic imine (C=N–C) groups is 1. The molecule has 0 aromatic heterocycles. The molecule has 1 amide bonds. The van der Waals surface area contributed by atoms with Crippen LogP contribution in [0, 0.1) is 11.8 Å². The van der Waals surface area contributed by atoms with Crippen molar-refractivity contribution >= 4 is 35.8 Å². The second kappa shape index (κ2) is 13.6. The number of hydrogen-bond donors (Lipinski definition) is 2. The van der Waals surface area contributed by atoms with Crippen LogP contribution >= 0.6 is 24.0 Å². The minimum Gasteiger partial charge on any atom is -0.355 e. The molecular weight excluding hydrogens is 465 g/mol. The number of hydrogen-bond acceptors (Lipinski definition) is 3. The Bertz CT molecular complexity index is 471. The Morgan fingerprint density at radius 3 is 2.29 bits per heavy atom. The molecule has 6 nitrogen and oxygen atoms in total. The minimum atomic E-state index is 0. The first-order valence-electron chi connectivity index (χ1n) is 11.0. The molecule has 2 fully saturated rings. The van der Waals surface area contributed by atoms with Crippen molar-refractivity contribution in [1.82, 2.24) is 20.4 Å². The molecule has 0 aromatic carbocycles. The summed E-state index contributed by atoms with van der Waals surface area (Å²) in [5.74, 6) is 2.35. The topological polar surface area (TPSA) is 60.0 Å². The molecule has 1 saturated heterocycles. The van der Waals surface area contributed by atoms with Crippen molar-refractivity contribution < 1.29 is 4.79 Å². The SMILES string of the molecule is CN=C(NCCN1CCN(C(=O)C2CCCC2)CC1)NC(C)CCC(C)C.I. The lowest BCUT2D eigenvalue weighted by atomic mass is 10.0. The van der Waals surface area contributed by atoms with E-state index >= 15 is 0 Å². The van der Waals surface area contributed by atoms with E-state index in [9.17, 15) is 4.79 Å². The van der Waals surface area contributed by atoms with E-state index in [1.54, 1.807) is 0 Å². The van der Waals surface area contributed by atoms with Crippen LogP contribution < -0.4 is 10.6 Å². The van der Waals surface area contributed by atoms with E-state index in [2.05, 4.69) is 46.2 Å². The van der Waals surface area contributed by atoms with Gasteiger partial charge in [-0.3, -0.25) is 14.7 Å². The number of nitrogens with one attached hydrogen (secondary N) is 2. The molecule has 1 saturated carbocycles. The number of halogens is 1. The fraction of sp³-hybridized carbons (Fsp3) is 0.905. The van der Waals surface area contributed by atoms with Crippen molar-refractivity contribution in [2.75, 3.05) is 46.3 Å². The van der Waals surface area contributed by atoms with Crippen LogP contribution in [0.4, 0.5) is 0 Å². The molecule has 2 rings (SSSR count). The van der Waals surface area contributed by atoms with Gasteiger partial charge in [-0.1, -0.05) is 26.7 Å². The number of guanidine groups is 1. The molecule has 2 aliphatic rings. The number of carbonyl (C=O) groups is 1. The molecule has 1 heterocycles. The molecule has 0 spiro atoms. The van der Waals surface area contributed by atoms with Crippen LogP contribution in [-0.2, 0) is 4.79 Å². The van der Waals surface area contributed by atoms with Crippen molar-refractivity contribution in [3.63, 3.8) is 0 Å². The number of piperazine rings is 1. The first-order chi connectivity index (χ1) is 13.0. The number of amides is 1. The largest absolute Gasteiger partial charge is 0.355 e. The Balaban J connectivity index is 0.00000392. The van der Waals surface area contributed by atoms with Gasteiger partial charge in [-0.15, -0.1) is 24.0 Å². The highest BCUT2D eigenvalue weighted by Crippen LogP contribution is 2.26. The molecule has 1 atom stereocenters. The summed E-state index contributed by atoms with van der Waals surface area (Å²) < 4.78 is 0. The standard InChI is InChI=1S/C21H41N5O.HI/c1-17(2)9-10-18(3)24-21(22-4)23-11-12-25-13-15-26(16-14-25)20(27)19-7-5-6-8-19;/h17-19H,5-16H2,1-4H3,(H2,22,23,24);1H. The van der Waals surface area contributed by atoms with E-state index in [-0.39, 0.29) is 24.0 Å². The van der Waals surface area contributed by atoms with Crippen LogP contribution in [0.15, 0.2) is 4.99 Å². The van der Waals surface area contributed by atoms with Gasteiger partial charge in [0.25, 0.3) is 0 Å². The van der Waals surface area contributed by atoms with E-state index in [0.29, 0.717) is 17.9 Å². The first kappa shape index (κ1) is 25.5. The van der Waals surface area contributed by atoms with Crippen LogP contribution in [0.2, 0.25) is 0 Å². The van der Waals surface area contributed by atoms with Crippen LogP contribution in [0.5, 0.6) is 0 Å². The predicted molar refractivity (Wildman–Crippen MR) is 128 cm³/mol. The fourth-order valence-electron chi connectivity index (χ4n) is 4.04. The first-order valence-corrected chi connectivity index (χ1v) is 11.0. The van der Waals surface area contributed by atoms with Gasteiger partial charge in [-0.25, -0.2) is 0 Å². The molecule has 0 radical (unpaired) electrons. The smallest absolute Gasteiger partial charge is 0.225 e. The normalized spacial score (nSPS) is 20.2. The molecule has 164 valence electrons. The molecule has 2 N–H and O–H groups in total. The summed E-state index contributed by atoms with van der Waals surface area (Å²) in [6.07, 6.45) is 7.06. The van der Waals surface area contributed by atoms with Crippen LogP contribution in [-0.4, -0.2) is 74.0 Å². The maximum absolute atomic E-state index is 12.5. The third kappa shape index (κ3) is 8.84. The number of carbonyl (C=O) groups excluding carboxylic acids is 1. The zero-order valence-corrected chi connectivity index (χ0v) is 20.7. The maximum atomic E-state index is 12.5. The van der Waals surface area contributed by atoms with E-state index in [1.807, 2.05) is 7.05 Å². The van der Waals surface area contributed by atoms with E-state index in [0.717, 1.165) is 70.4 Å². The van der Waals surface area contributed by atoms with Gasteiger partial charge in [-0.2, -0.15) is 0 Å². The van der Waals surface area contributed by atoms with Gasteiger partial charge >= 0.3 is 0 Å². The van der Waals surface area contributed by atoms with Crippen LogP contribution in [0.1, 0.15) is 59.3 Å². The summed E-state index contributed by atoms with van der Waals surface area (Å²) in [7, 11) is 1.83. The highest BCUT2D eigenvalue weighted by molar-refractivity contribution is 14.0. The highest BCUT2D eigenvalue weighted by Gasteiger charge is 2.29. The second-order valence-corrected chi connectivity index (χ2v) is 8.66. The molecule has 0 aromatic rings. The van der Waals surface area contributed by atoms with E-state index in [1.165, 1.54) is 19.3 Å². The lowest BCUT2D eigenvalue weighted by Gasteiger charge is -2.36. The van der Waals surface area contributed by atoms with Gasteiger partial charge in [0.05, 0.1) is 0 Å². The maximum Gasteiger partial charge on any atom is 0.225 e. The van der Waals surface area contributed by atoms with E-state index in [4.69, 9.17) is 0 Å². The van der Waals surface area contributed by atoms with Crippen LogP contribution in [0.3, 0.4) is 0 Å². The number of nitrogens with zero attached hydrogens (tertiary/aromatic N) is 3. The van der Waals surface area contributed by atoms with Crippen molar-refractivity contribution in [2.24, 2.45) is 16.8 Å². The Morgan fingerprint density at radius 1 is 1.07 bits per heavy atom. The van der Waals surface area contributed by atoms with Gasteiger partial charge in [0.15, 0.2) is 5.96 Å². The van der Waals surface area contributed by atoms with E-state index < -0.39 is 0 Å². The Labute approximate surface area is 189 Å². The van der Waals surface area contributed by atoms with Crippen molar-refractivity contribution in [3.8, 4) is 0 Å². The minimum absolute atomic E-state index is 0. The van der Waals surface area contributed by atoms with Gasteiger partial charge in [0.1, 0.15) is 0 Å². The molecule has 7 heteroatoms. The fourth-order valence-corrected chi connectivity index (χ4v) is 4.04. The van der Waals surface area contributed by atoms with Gasteiger partial charge in [0, 0.05) is 58.3 Å². The average Bonchev–Trinajstić information content (AvgIpc) is 3.20. The second-order valence-electron chi connectivity index (χ2n) is 8.66. The molecule has 28 heavy (non-hydrogen) atoms. The van der Waals surface area contributed by atoms with Gasteiger partial charge in [0.2, 0.25) is 5.91 Å². The van der Waals surface area contributed by atoms with Crippen molar-refractivity contribution in [1.29, 1.82) is 0 Å². The van der Waals surface area contributed by atoms with Crippen molar-refractivity contribution in [3.05, 3.63) is 0 Å². The Morgan fingerprint density at radius 2 is 1.71 bits per heavy atom. The monoisotopic (exact) mass is 507 g/mol. The summed E-state index contributed by atoms with van der Waals surface area (Å²) in [5, 5.41) is 6.91. The number of rotatable bonds is 8. The Hall–Kier alpha value is -0.570. The average molecular weight is 508 g/mol. The van der Waals surface area contributed by atoms with Crippen molar-refractivity contribution in [2.45, 2.75) is 65.3 Å². The predicted octanol–water partition coefficient (Wildman–Crippen LogP) is 2.93. The zero-order valence-electron chi connectivity index (χ0n) is 18.4. The zero-order chi connectivity index (χ0) is 19.6. The molecule has 1 aliphatic carbocycles. The molecular formula is C21H42IN5O. The molecule has 0 bridgehead atoms. The summed E-state index contributed by atoms with van der Waals surface area (Å²) >= 11 is 0. The summed E-state index contributed by atoms with van der Waals surface area (Å²) in [5.41, 5.74) is 0. The lowest BCUT2D eigenvalue weighted by molar-refractivity contribution is -0.137. The summed E-state index contributed by atoms with van der Waals surface area (Å²) in [6.45, 7) is 12.4.